The van der Waals surface area contributed by atoms with Gasteiger partial charge in [0.05, 0.1) is 46.1 Å². The number of ether oxygens (including phenoxy) is 3. The van der Waals surface area contributed by atoms with Gasteiger partial charge in [-0.05, 0) is 18.8 Å². The molecule has 25 heavy (non-hydrogen) atoms. The fourth-order valence-corrected chi connectivity index (χ4v) is 2.58. The molecule has 0 aromatic rings. The van der Waals surface area contributed by atoms with Crippen LogP contribution >= 0.6 is 0 Å². The van der Waals surface area contributed by atoms with Crippen LogP contribution in [0.1, 0.15) is 46.5 Å². The fourth-order valence-electron chi connectivity index (χ4n) is 2.58. The van der Waals surface area contributed by atoms with E-state index >= 15 is 0 Å². The third-order valence-electron chi connectivity index (χ3n) is 4.48. The Bertz CT molecular complexity index is 378. The minimum absolute atomic E-state index is 0.0716. The van der Waals surface area contributed by atoms with Crippen LogP contribution in [0.5, 0.6) is 0 Å². The SMILES string of the molecule is CC1CCN(C(=O)CCOCCOCCOCCC(=O)C(C)C)CC1. The van der Waals surface area contributed by atoms with Gasteiger partial charge in [0.15, 0.2) is 0 Å². The molecule has 1 saturated heterocycles. The fraction of sp³-hybridized carbons (Fsp3) is 0.895. The lowest BCUT2D eigenvalue weighted by molar-refractivity contribution is -0.133. The lowest BCUT2D eigenvalue weighted by atomic mass is 9.99. The predicted molar refractivity (Wildman–Crippen MR) is 96.5 cm³/mol. The van der Waals surface area contributed by atoms with Gasteiger partial charge in [-0.2, -0.15) is 0 Å². The summed E-state index contributed by atoms with van der Waals surface area (Å²) in [7, 11) is 0. The van der Waals surface area contributed by atoms with E-state index in [-0.39, 0.29) is 17.6 Å². The number of likely N-dealkylation sites (tertiary alicyclic amines) is 1. The van der Waals surface area contributed by atoms with Crippen LogP contribution in [-0.4, -0.2) is 69.3 Å². The van der Waals surface area contributed by atoms with Crippen molar-refractivity contribution in [3.8, 4) is 0 Å². The number of Topliss-reactive ketones (excluding diaryl/α,β-unsaturated/α-hetero) is 1. The number of carbonyl (C=O) groups is 2. The Morgan fingerprint density at radius 1 is 0.880 bits per heavy atom. The Kier molecular flexibility index (Phi) is 11.7. The van der Waals surface area contributed by atoms with Crippen LogP contribution in [-0.2, 0) is 23.8 Å². The van der Waals surface area contributed by atoms with Crippen LogP contribution in [0.2, 0.25) is 0 Å². The summed E-state index contributed by atoms with van der Waals surface area (Å²) in [4.78, 5) is 25.3. The minimum atomic E-state index is 0.0716. The summed E-state index contributed by atoms with van der Waals surface area (Å²) < 4.78 is 16.2. The van der Waals surface area contributed by atoms with Gasteiger partial charge in [-0.1, -0.05) is 20.8 Å². The maximum absolute atomic E-state index is 12.0. The summed E-state index contributed by atoms with van der Waals surface area (Å²) in [5.41, 5.74) is 0. The highest BCUT2D eigenvalue weighted by Gasteiger charge is 2.19. The van der Waals surface area contributed by atoms with E-state index in [2.05, 4.69) is 6.92 Å². The van der Waals surface area contributed by atoms with Crippen LogP contribution in [0.25, 0.3) is 0 Å². The second-order valence-corrected chi connectivity index (χ2v) is 7.02. The van der Waals surface area contributed by atoms with Gasteiger partial charge in [0, 0.05) is 25.4 Å². The Balaban J connectivity index is 1.84. The van der Waals surface area contributed by atoms with E-state index in [1.807, 2.05) is 18.7 Å². The summed E-state index contributed by atoms with van der Waals surface area (Å²) in [6.07, 6.45) is 3.12. The van der Waals surface area contributed by atoms with E-state index in [0.29, 0.717) is 52.5 Å². The van der Waals surface area contributed by atoms with E-state index in [0.717, 1.165) is 31.8 Å². The highest BCUT2D eigenvalue weighted by molar-refractivity contribution is 5.80. The summed E-state index contributed by atoms with van der Waals surface area (Å²) in [6.45, 7) is 10.6. The molecule has 146 valence electrons. The number of ketones is 1. The maximum Gasteiger partial charge on any atom is 0.224 e. The highest BCUT2D eigenvalue weighted by Crippen LogP contribution is 2.16. The molecule has 1 amide bonds. The first-order valence-electron chi connectivity index (χ1n) is 9.54. The van der Waals surface area contributed by atoms with Gasteiger partial charge in [-0.25, -0.2) is 0 Å². The zero-order valence-electron chi connectivity index (χ0n) is 16.1. The van der Waals surface area contributed by atoms with Crippen molar-refractivity contribution in [2.75, 3.05) is 52.7 Å². The predicted octanol–water partition coefficient (Wildman–Crippen LogP) is 2.30. The second-order valence-electron chi connectivity index (χ2n) is 7.02. The Labute approximate surface area is 152 Å². The quantitative estimate of drug-likeness (QED) is 0.473. The van der Waals surface area contributed by atoms with Gasteiger partial charge in [0.2, 0.25) is 5.91 Å². The first-order valence-corrected chi connectivity index (χ1v) is 9.54. The molecule has 1 aliphatic rings. The Morgan fingerprint density at radius 3 is 1.88 bits per heavy atom. The molecular weight excluding hydrogens is 322 g/mol. The van der Waals surface area contributed by atoms with Gasteiger partial charge in [0.1, 0.15) is 5.78 Å². The van der Waals surface area contributed by atoms with Crippen molar-refractivity contribution in [1.29, 1.82) is 0 Å². The topological polar surface area (TPSA) is 65.1 Å². The van der Waals surface area contributed by atoms with E-state index in [1.54, 1.807) is 0 Å². The summed E-state index contributed by atoms with van der Waals surface area (Å²) in [5, 5.41) is 0. The van der Waals surface area contributed by atoms with Gasteiger partial charge in [-0.3, -0.25) is 9.59 Å². The number of hydrogen-bond donors (Lipinski definition) is 0. The molecule has 6 heteroatoms. The lowest BCUT2D eigenvalue weighted by Crippen LogP contribution is -2.38. The Morgan fingerprint density at radius 2 is 1.36 bits per heavy atom. The zero-order valence-corrected chi connectivity index (χ0v) is 16.1. The van der Waals surface area contributed by atoms with Crippen LogP contribution in [0.3, 0.4) is 0 Å². The van der Waals surface area contributed by atoms with Gasteiger partial charge < -0.3 is 19.1 Å². The molecule has 1 rings (SSSR count). The molecule has 6 nitrogen and oxygen atoms in total. The molecule has 0 aliphatic carbocycles. The number of nitrogens with zero attached hydrogens (tertiary/aromatic N) is 1. The molecule has 0 unspecified atom stereocenters. The summed E-state index contributed by atoms with van der Waals surface area (Å²) in [5.74, 6) is 1.22. The molecule has 0 N–H and O–H groups in total. The molecule has 0 bridgehead atoms. The monoisotopic (exact) mass is 357 g/mol. The molecule has 0 saturated carbocycles. The molecule has 0 aromatic carbocycles. The van der Waals surface area contributed by atoms with Crippen molar-refractivity contribution in [3.63, 3.8) is 0 Å². The number of piperidine rings is 1. The maximum atomic E-state index is 12.0. The van der Waals surface area contributed by atoms with E-state index in [4.69, 9.17) is 14.2 Å². The molecule has 0 spiro atoms. The summed E-state index contributed by atoms with van der Waals surface area (Å²) >= 11 is 0. The van der Waals surface area contributed by atoms with Gasteiger partial charge in [-0.15, -0.1) is 0 Å². The molecule has 0 aromatic heterocycles. The van der Waals surface area contributed by atoms with Gasteiger partial charge >= 0.3 is 0 Å². The lowest BCUT2D eigenvalue weighted by Gasteiger charge is -2.30. The van der Waals surface area contributed by atoms with Crippen molar-refractivity contribution in [2.24, 2.45) is 11.8 Å². The second kappa shape index (κ2) is 13.3. The third-order valence-corrected chi connectivity index (χ3v) is 4.48. The van der Waals surface area contributed by atoms with Crippen LogP contribution in [0.15, 0.2) is 0 Å². The van der Waals surface area contributed by atoms with Crippen molar-refractivity contribution in [3.05, 3.63) is 0 Å². The summed E-state index contributed by atoms with van der Waals surface area (Å²) in [6, 6.07) is 0. The van der Waals surface area contributed by atoms with Crippen molar-refractivity contribution < 1.29 is 23.8 Å². The standard InChI is InChI=1S/C19H35NO5/c1-16(2)18(21)6-10-23-12-14-25-15-13-24-11-7-19(22)20-8-4-17(3)5-9-20/h16-17H,4-15H2,1-3H3. The molecule has 1 heterocycles. The van der Waals surface area contributed by atoms with Crippen molar-refractivity contribution in [2.45, 2.75) is 46.5 Å². The highest BCUT2D eigenvalue weighted by atomic mass is 16.5. The van der Waals surface area contributed by atoms with Crippen LogP contribution in [0.4, 0.5) is 0 Å². The third kappa shape index (κ3) is 10.6. The van der Waals surface area contributed by atoms with E-state index < -0.39 is 0 Å². The first-order chi connectivity index (χ1) is 12.0. The number of hydrogen-bond acceptors (Lipinski definition) is 5. The first kappa shape index (κ1) is 22.1. The Hall–Kier alpha value is -0.980. The molecule has 0 radical (unpaired) electrons. The van der Waals surface area contributed by atoms with Crippen molar-refractivity contribution in [1.82, 2.24) is 4.90 Å². The molecule has 1 fully saturated rings. The smallest absolute Gasteiger partial charge is 0.224 e. The number of amides is 1. The number of rotatable bonds is 13. The van der Waals surface area contributed by atoms with Crippen LogP contribution in [0, 0.1) is 11.8 Å². The largest absolute Gasteiger partial charge is 0.379 e. The normalized spacial score (nSPS) is 15.8. The average Bonchev–Trinajstić information content (AvgIpc) is 2.59. The zero-order chi connectivity index (χ0) is 18.5. The van der Waals surface area contributed by atoms with Crippen molar-refractivity contribution >= 4 is 11.7 Å². The molecule has 0 atom stereocenters. The van der Waals surface area contributed by atoms with E-state index in [9.17, 15) is 9.59 Å². The van der Waals surface area contributed by atoms with Gasteiger partial charge in [0.25, 0.3) is 0 Å². The average molecular weight is 357 g/mol. The van der Waals surface area contributed by atoms with E-state index in [1.165, 1.54) is 0 Å². The van der Waals surface area contributed by atoms with Crippen LogP contribution < -0.4 is 0 Å². The minimum Gasteiger partial charge on any atom is -0.379 e. The molecular formula is C19H35NO5. The molecule has 1 aliphatic heterocycles. The number of carbonyl (C=O) groups excluding carboxylic acids is 2.